The smallest absolute Gasteiger partial charge is 0.188 e. The molecule has 0 bridgehead atoms. The maximum Gasteiger partial charge on any atom is 0.188 e. The van der Waals surface area contributed by atoms with E-state index in [1.54, 1.807) is 6.07 Å². The number of hydrogen-bond donors (Lipinski definition) is 2. The predicted molar refractivity (Wildman–Crippen MR) is 69.2 cm³/mol. The minimum atomic E-state index is -0.724. The number of hydrogen-bond acceptors (Lipinski definition) is 5. The number of ketones is 1. The number of carbonyl (C=O) groups is 1. The van der Waals surface area contributed by atoms with Crippen molar-refractivity contribution in [3.05, 3.63) is 45.2 Å². The fraction of sp³-hybridized carbons (Fsp3) is 0.0909. The molecule has 17 heavy (non-hydrogen) atoms. The van der Waals surface area contributed by atoms with Gasteiger partial charge in [0.1, 0.15) is 11.9 Å². The number of thiophene rings is 1. The molecule has 4 nitrogen and oxygen atoms in total. The Morgan fingerprint density at radius 1 is 1.53 bits per heavy atom. The second-order valence-corrected chi connectivity index (χ2v) is 4.86. The topological polar surface area (TPSA) is 82.0 Å². The first-order valence-corrected chi connectivity index (χ1v) is 6.09. The van der Waals surface area contributed by atoms with Crippen molar-refractivity contribution in [1.82, 2.24) is 4.98 Å². The summed E-state index contributed by atoms with van der Waals surface area (Å²) < 4.78 is 0. The molecule has 0 radical (unpaired) electrons. The highest BCUT2D eigenvalue weighted by Crippen LogP contribution is 2.24. The van der Waals surface area contributed by atoms with Crippen molar-refractivity contribution in [2.75, 3.05) is 5.73 Å². The molecule has 6 heteroatoms. The summed E-state index contributed by atoms with van der Waals surface area (Å²) in [6, 6.07) is 4.41. The molecule has 2 heterocycles. The lowest BCUT2D eigenvalue weighted by molar-refractivity contribution is 0.0963. The second kappa shape index (κ2) is 4.83. The van der Waals surface area contributed by atoms with Crippen molar-refractivity contribution in [2.45, 2.75) is 6.04 Å². The predicted octanol–water partition coefficient (Wildman–Crippen LogP) is 2.26. The first kappa shape index (κ1) is 12.0. The highest BCUT2D eigenvalue weighted by molar-refractivity contribution is 7.10. The van der Waals surface area contributed by atoms with Crippen LogP contribution in [0, 0.1) is 0 Å². The van der Waals surface area contributed by atoms with Gasteiger partial charge in [-0.2, -0.15) is 0 Å². The number of halogens is 1. The van der Waals surface area contributed by atoms with Gasteiger partial charge in [-0.1, -0.05) is 17.7 Å². The van der Waals surface area contributed by atoms with Gasteiger partial charge in [-0.05, 0) is 17.5 Å². The highest BCUT2D eigenvalue weighted by Gasteiger charge is 2.21. The zero-order chi connectivity index (χ0) is 12.4. The van der Waals surface area contributed by atoms with E-state index in [4.69, 9.17) is 23.1 Å². The van der Waals surface area contributed by atoms with Crippen LogP contribution in [-0.2, 0) is 0 Å². The number of anilines is 1. The van der Waals surface area contributed by atoms with Crippen LogP contribution in [0.3, 0.4) is 0 Å². The molecule has 2 aromatic rings. The van der Waals surface area contributed by atoms with Crippen LogP contribution in [0.1, 0.15) is 21.3 Å². The summed E-state index contributed by atoms with van der Waals surface area (Å²) in [5.74, 6) is -0.133. The molecular formula is C11H10ClN3OS. The molecule has 0 saturated carbocycles. The van der Waals surface area contributed by atoms with Crippen LogP contribution >= 0.6 is 22.9 Å². The van der Waals surface area contributed by atoms with Crippen molar-refractivity contribution in [2.24, 2.45) is 5.73 Å². The number of nitrogen functional groups attached to an aromatic ring is 1. The van der Waals surface area contributed by atoms with Crippen LogP contribution in [0.2, 0.25) is 5.02 Å². The van der Waals surface area contributed by atoms with Gasteiger partial charge in [0, 0.05) is 11.1 Å². The molecule has 2 rings (SSSR count). The van der Waals surface area contributed by atoms with Crippen LogP contribution in [0.4, 0.5) is 5.82 Å². The molecule has 2 aromatic heterocycles. The Morgan fingerprint density at radius 3 is 2.94 bits per heavy atom. The first-order valence-electron chi connectivity index (χ1n) is 4.84. The monoisotopic (exact) mass is 267 g/mol. The summed E-state index contributed by atoms with van der Waals surface area (Å²) in [6.45, 7) is 0. The van der Waals surface area contributed by atoms with Gasteiger partial charge in [0.05, 0.1) is 10.6 Å². The zero-order valence-electron chi connectivity index (χ0n) is 8.76. The van der Waals surface area contributed by atoms with Gasteiger partial charge >= 0.3 is 0 Å². The van der Waals surface area contributed by atoms with Crippen molar-refractivity contribution in [1.29, 1.82) is 0 Å². The van der Waals surface area contributed by atoms with Crippen LogP contribution in [0.15, 0.2) is 29.8 Å². The van der Waals surface area contributed by atoms with E-state index in [-0.39, 0.29) is 17.2 Å². The molecule has 88 valence electrons. The maximum atomic E-state index is 12.1. The number of rotatable bonds is 3. The lowest BCUT2D eigenvalue weighted by atomic mass is 10.0. The Balaban J connectivity index is 2.34. The molecule has 1 unspecified atom stereocenters. The number of nitrogens with zero attached hydrogens (tertiary/aromatic N) is 1. The van der Waals surface area contributed by atoms with Gasteiger partial charge < -0.3 is 11.5 Å². The summed E-state index contributed by atoms with van der Waals surface area (Å²) in [7, 11) is 0. The Labute approximate surface area is 107 Å². The van der Waals surface area contributed by atoms with Gasteiger partial charge in [-0.3, -0.25) is 4.79 Å². The Kier molecular flexibility index (Phi) is 3.42. The minimum absolute atomic E-state index is 0.145. The quantitative estimate of drug-likeness (QED) is 0.836. The third kappa shape index (κ3) is 2.46. The van der Waals surface area contributed by atoms with E-state index >= 15 is 0 Å². The third-order valence-electron chi connectivity index (χ3n) is 2.28. The molecule has 0 aliphatic heterocycles. The van der Waals surface area contributed by atoms with Gasteiger partial charge in [0.2, 0.25) is 0 Å². The van der Waals surface area contributed by atoms with Crippen molar-refractivity contribution in [3.63, 3.8) is 0 Å². The fourth-order valence-electron chi connectivity index (χ4n) is 1.41. The average molecular weight is 268 g/mol. The van der Waals surface area contributed by atoms with Crippen molar-refractivity contribution >= 4 is 34.5 Å². The summed E-state index contributed by atoms with van der Waals surface area (Å²) in [4.78, 5) is 16.7. The molecule has 0 amide bonds. The van der Waals surface area contributed by atoms with Crippen molar-refractivity contribution < 1.29 is 4.79 Å². The van der Waals surface area contributed by atoms with E-state index in [1.807, 2.05) is 11.4 Å². The summed E-state index contributed by atoms with van der Waals surface area (Å²) in [5.41, 5.74) is 11.8. The third-order valence-corrected chi connectivity index (χ3v) is 3.44. The molecule has 1 atom stereocenters. The van der Waals surface area contributed by atoms with E-state index in [0.717, 1.165) is 4.88 Å². The minimum Gasteiger partial charge on any atom is -0.383 e. The first-order chi connectivity index (χ1) is 8.09. The van der Waals surface area contributed by atoms with E-state index in [0.29, 0.717) is 5.02 Å². The highest BCUT2D eigenvalue weighted by atomic mass is 35.5. The maximum absolute atomic E-state index is 12.1. The molecular weight excluding hydrogens is 258 g/mol. The molecule has 4 N–H and O–H groups in total. The molecule has 0 spiro atoms. The summed E-state index contributed by atoms with van der Waals surface area (Å²) in [6.07, 6.45) is 1.39. The molecule has 0 aliphatic carbocycles. The average Bonchev–Trinajstić information content (AvgIpc) is 2.84. The fourth-order valence-corrected chi connectivity index (χ4v) is 2.30. The zero-order valence-corrected chi connectivity index (χ0v) is 10.3. The molecule has 0 fully saturated rings. The Hall–Kier alpha value is -1.43. The van der Waals surface area contributed by atoms with Gasteiger partial charge in [-0.25, -0.2) is 4.98 Å². The Bertz CT molecular complexity index is 542. The lowest BCUT2D eigenvalue weighted by Crippen LogP contribution is -2.21. The van der Waals surface area contributed by atoms with E-state index < -0.39 is 6.04 Å². The lowest BCUT2D eigenvalue weighted by Gasteiger charge is -2.10. The Morgan fingerprint density at radius 2 is 2.29 bits per heavy atom. The molecule has 0 aromatic carbocycles. The van der Waals surface area contributed by atoms with Gasteiger partial charge in [0.15, 0.2) is 5.78 Å². The van der Waals surface area contributed by atoms with Gasteiger partial charge in [0.25, 0.3) is 0 Å². The van der Waals surface area contributed by atoms with Crippen LogP contribution in [-0.4, -0.2) is 10.8 Å². The molecule has 0 saturated heterocycles. The standard InChI is InChI=1S/C11H10ClN3OS/c12-6-4-7(11(14)15-5-6)10(16)9(13)8-2-1-3-17-8/h1-5,9H,13H2,(H2,14,15). The number of pyridine rings is 1. The number of Topliss-reactive ketones (excluding diaryl/α,β-unsaturated/α-hetero) is 1. The summed E-state index contributed by atoms with van der Waals surface area (Å²) in [5, 5.41) is 2.23. The van der Waals surface area contributed by atoms with Crippen molar-refractivity contribution in [3.8, 4) is 0 Å². The SMILES string of the molecule is Nc1ncc(Cl)cc1C(=O)C(N)c1cccs1. The second-order valence-electron chi connectivity index (χ2n) is 3.44. The van der Waals surface area contributed by atoms with Gasteiger partial charge in [-0.15, -0.1) is 11.3 Å². The largest absolute Gasteiger partial charge is 0.383 e. The van der Waals surface area contributed by atoms with E-state index in [2.05, 4.69) is 4.98 Å². The normalized spacial score (nSPS) is 12.4. The molecule has 0 aliphatic rings. The van der Waals surface area contributed by atoms with Crippen LogP contribution < -0.4 is 11.5 Å². The number of carbonyl (C=O) groups excluding carboxylic acids is 1. The summed E-state index contributed by atoms with van der Waals surface area (Å²) >= 11 is 7.21. The van der Waals surface area contributed by atoms with Crippen LogP contribution in [0.25, 0.3) is 0 Å². The number of nitrogens with two attached hydrogens (primary N) is 2. The van der Waals surface area contributed by atoms with E-state index in [1.165, 1.54) is 23.6 Å². The van der Waals surface area contributed by atoms with E-state index in [9.17, 15) is 4.79 Å². The van der Waals surface area contributed by atoms with Crippen LogP contribution in [0.5, 0.6) is 0 Å². The number of aromatic nitrogens is 1.